The molecule has 1 aromatic rings. The molecule has 0 unspecified atom stereocenters. The summed E-state index contributed by atoms with van der Waals surface area (Å²) < 4.78 is 0. The Balaban J connectivity index is 3.09. The molecule has 0 amide bonds. The molecule has 1 rings (SSSR count). The van der Waals surface area contributed by atoms with Crippen molar-refractivity contribution >= 4 is 17.7 Å². The summed E-state index contributed by atoms with van der Waals surface area (Å²) in [7, 11) is 5.82. The van der Waals surface area contributed by atoms with E-state index >= 15 is 0 Å². The van der Waals surface area contributed by atoms with E-state index in [0.29, 0.717) is 6.42 Å². The molecule has 0 saturated carbocycles. The third-order valence-corrected chi connectivity index (χ3v) is 2.15. The number of hydrogen-bond donors (Lipinski definition) is 1. The highest BCUT2D eigenvalue weighted by molar-refractivity contribution is 5.67. The maximum Gasteiger partial charge on any atom is 0.124 e. The Kier molecular flexibility index (Phi) is 3.51. The largest absolute Gasteiger partial charge is 0.388 e. The van der Waals surface area contributed by atoms with Crippen molar-refractivity contribution in [1.82, 2.24) is 0 Å². The summed E-state index contributed by atoms with van der Waals surface area (Å²) in [4.78, 5) is 12.5. The second-order valence-corrected chi connectivity index (χ2v) is 3.36. The highest BCUT2D eigenvalue weighted by Crippen LogP contribution is 2.22. The first-order chi connectivity index (χ1) is 6.69. The van der Waals surface area contributed by atoms with Gasteiger partial charge in [0.2, 0.25) is 0 Å². The van der Waals surface area contributed by atoms with Crippen molar-refractivity contribution in [2.24, 2.45) is 0 Å². The monoisotopic (exact) mass is 192 g/mol. The average molecular weight is 192 g/mol. The molecular weight excluding hydrogens is 176 g/mol. The summed E-state index contributed by atoms with van der Waals surface area (Å²) in [5, 5.41) is 3.06. The molecule has 14 heavy (non-hydrogen) atoms. The van der Waals surface area contributed by atoms with Crippen molar-refractivity contribution < 1.29 is 4.79 Å². The number of nitrogens with zero attached hydrogens (tertiary/aromatic N) is 1. The molecule has 0 heterocycles. The topological polar surface area (TPSA) is 32.3 Å². The van der Waals surface area contributed by atoms with Gasteiger partial charge in [-0.3, -0.25) is 0 Å². The van der Waals surface area contributed by atoms with Crippen molar-refractivity contribution in [1.29, 1.82) is 0 Å². The van der Waals surface area contributed by atoms with Gasteiger partial charge in [-0.05, 0) is 23.8 Å². The molecule has 0 aliphatic heterocycles. The molecule has 3 nitrogen and oxygen atoms in total. The van der Waals surface area contributed by atoms with Crippen LogP contribution in [-0.2, 0) is 11.2 Å². The van der Waals surface area contributed by atoms with Crippen molar-refractivity contribution in [2.75, 3.05) is 31.4 Å². The highest BCUT2D eigenvalue weighted by atomic mass is 16.1. The lowest BCUT2D eigenvalue weighted by Crippen LogP contribution is -2.11. The van der Waals surface area contributed by atoms with E-state index in [1.807, 2.05) is 44.2 Å². The van der Waals surface area contributed by atoms with Gasteiger partial charge >= 0.3 is 0 Å². The van der Waals surface area contributed by atoms with Crippen molar-refractivity contribution in [3.63, 3.8) is 0 Å². The number of hydrogen-bond acceptors (Lipinski definition) is 3. The van der Waals surface area contributed by atoms with E-state index in [1.54, 1.807) is 0 Å². The Hall–Kier alpha value is -1.51. The third kappa shape index (κ3) is 2.25. The van der Waals surface area contributed by atoms with Gasteiger partial charge in [-0.25, -0.2) is 0 Å². The zero-order valence-electron chi connectivity index (χ0n) is 8.87. The van der Waals surface area contributed by atoms with E-state index in [9.17, 15) is 4.79 Å². The van der Waals surface area contributed by atoms with Gasteiger partial charge in [-0.1, -0.05) is 0 Å². The lowest BCUT2D eigenvalue weighted by atomic mass is 10.1. The van der Waals surface area contributed by atoms with Crippen LogP contribution in [0.5, 0.6) is 0 Å². The Morgan fingerprint density at radius 2 is 2.14 bits per heavy atom. The first-order valence-electron chi connectivity index (χ1n) is 4.60. The van der Waals surface area contributed by atoms with Gasteiger partial charge in [0.25, 0.3) is 0 Å². The van der Waals surface area contributed by atoms with E-state index in [-0.39, 0.29) is 0 Å². The first kappa shape index (κ1) is 10.6. The van der Waals surface area contributed by atoms with E-state index < -0.39 is 0 Å². The fourth-order valence-electron chi connectivity index (χ4n) is 1.43. The van der Waals surface area contributed by atoms with Crippen LogP contribution in [0.25, 0.3) is 0 Å². The predicted molar refractivity (Wildman–Crippen MR) is 60.1 cm³/mol. The minimum atomic E-state index is 0.461. The second-order valence-electron chi connectivity index (χ2n) is 3.36. The molecule has 0 aliphatic rings. The third-order valence-electron chi connectivity index (χ3n) is 2.15. The molecule has 0 radical (unpaired) electrons. The van der Waals surface area contributed by atoms with Crippen LogP contribution in [0, 0.1) is 0 Å². The highest BCUT2D eigenvalue weighted by Gasteiger charge is 2.04. The number of nitrogens with one attached hydrogen (secondary N) is 1. The summed E-state index contributed by atoms with van der Waals surface area (Å²) in [6.07, 6.45) is 1.39. The zero-order valence-corrected chi connectivity index (χ0v) is 8.87. The molecule has 1 N–H and O–H groups in total. The zero-order chi connectivity index (χ0) is 10.6. The van der Waals surface area contributed by atoms with Crippen molar-refractivity contribution in [2.45, 2.75) is 6.42 Å². The Bertz CT molecular complexity index is 321. The molecule has 0 spiro atoms. The normalized spacial score (nSPS) is 9.64. The van der Waals surface area contributed by atoms with Crippen LogP contribution in [0.3, 0.4) is 0 Å². The second kappa shape index (κ2) is 4.65. The van der Waals surface area contributed by atoms with Gasteiger partial charge < -0.3 is 15.0 Å². The number of carbonyl (C=O) groups is 1. The lowest BCUT2D eigenvalue weighted by Gasteiger charge is -2.17. The number of anilines is 2. The van der Waals surface area contributed by atoms with Crippen LogP contribution in [0.1, 0.15) is 5.56 Å². The summed E-state index contributed by atoms with van der Waals surface area (Å²) in [5.74, 6) is 0. The minimum Gasteiger partial charge on any atom is -0.388 e. The van der Waals surface area contributed by atoms with Gasteiger partial charge in [0.15, 0.2) is 0 Å². The van der Waals surface area contributed by atoms with E-state index in [2.05, 4.69) is 5.32 Å². The molecule has 0 atom stereocenters. The van der Waals surface area contributed by atoms with Gasteiger partial charge in [0.1, 0.15) is 6.29 Å². The van der Waals surface area contributed by atoms with E-state index in [1.165, 1.54) is 0 Å². The van der Waals surface area contributed by atoms with Crippen LogP contribution >= 0.6 is 0 Å². The van der Waals surface area contributed by atoms with Gasteiger partial charge in [-0.15, -0.1) is 0 Å². The molecule has 76 valence electrons. The van der Waals surface area contributed by atoms with Crippen molar-refractivity contribution in [3.05, 3.63) is 23.8 Å². The fourth-order valence-corrected chi connectivity index (χ4v) is 1.43. The number of benzene rings is 1. The first-order valence-corrected chi connectivity index (χ1v) is 4.60. The number of carbonyl (C=O) groups excluding carboxylic acids is 1. The molecule has 0 saturated heterocycles. The predicted octanol–water partition coefficient (Wildman–Crippen LogP) is 1.54. The van der Waals surface area contributed by atoms with Crippen LogP contribution in [0.15, 0.2) is 18.2 Å². The van der Waals surface area contributed by atoms with Gasteiger partial charge in [0.05, 0.1) is 0 Å². The molecular formula is C11H16N2O. The van der Waals surface area contributed by atoms with E-state index in [4.69, 9.17) is 0 Å². The quantitative estimate of drug-likeness (QED) is 0.734. The van der Waals surface area contributed by atoms with Gasteiger partial charge in [0, 0.05) is 38.9 Å². The minimum absolute atomic E-state index is 0.461. The molecule has 3 heteroatoms. The molecule has 0 fully saturated rings. The summed E-state index contributed by atoms with van der Waals surface area (Å²) in [6, 6.07) is 6.03. The molecule has 0 aromatic heterocycles. The van der Waals surface area contributed by atoms with E-state index in [0.717, 1.165) is 23.2 Å². The standard InChI is InChI=1S/C11H16N2O/c1-12-10-4-5-11(13(2)3)9(8-10)6-7-14/h4-5,7-8,12H,6H2,1-3H3. The number of rotatable bonds is 4. The Morgan fingerprint density at radius 1 is 1.43 bits per heavy atom. The van der Waals surface area contributed by atoms with Crippen molar-refractivity contribution in [3.8, 4) is 0 Å². The van der Waals surface area contributed by atoms with Crippen LogP contribution in [0.2, 0.25) is 0 Å². The SMILES string of the molecule is CNc1ccc(N(C)C)c(CC=O)c1. The molecule has 0 aliphatic carbocycles. The van der Waals surface area contributed by atoms with Gasteiger partial charge in [-0.2, -0.15) is 0 Å². The Morgan fingerprint density at radius 3 is 2.64 bits per heavy atom. The maximum atomic E-state index is 10.5. The number of aldehydes is 1. The smallest absolute Gasteiger partial charge is 0.124 e. The average Bonchev–Trinajstić information content (AvgIpc) is 2.17. The molecule has 1 aromatic carbocycles. The fraction of sp³-hybridized carbons (Fsp3) is 0.364. The lowest BCUT2D eigenvalue weighted by molar-refractivity contribution is -0.107. The Labute approximate surface area is 84.7 Å². The maximum absolute atomic E-state index is 10.5. The summed E-state index contributed by atoms with van der Waals surface area (Å²) in [6.45, 7) is 0. The molecule has 0 bridgehead atoms. The van der Waals surface area contributed by atoms with Crippen LogP contribution in [0.4, 0.5) is 11.4 Å². The summed E-state index contributed by atoms with van der Waals surface area (Å²) in [5.41, 5.74) is 3.18. The van der Waals surface area contributed by atoms with Crippen LogP contribution in [-0.4, -0.2) is 27.4 Å². The van der Waals surface area contributed by atoms with Crippen LogP contribution < -0.4 is 10.2 Å². The summed E-state index contributed by atoms with van der Waals surface area (Å²) >= 11 is 0.